The first-order valence-electron chi connectivity index (χ1n) is 5.09. The first-order chi connectivity index (χ1) is 7.58. The molecule has 1 rings (SSSR count). The van der Waals surface area contributed by atoms with E-state index in [-0.39, 0.29) is 5.91 Å². The van der Waals surface area contributed by atoms with Gasteiger partial charge in [0.05, 0.1) is 6.54 Å². The number of anilines is 1. The average Bonchev–Trinajstić information content (AvgIpc) is 2.21. The van der Waals surface area contributed by atoms with E-state index in [0.29, 0.717) is 6.54 Å². The molecule has 16 heavy (non-hydrogen) atoms. The summed E-state index contributed by atoms with van der Waals surface area (Å²) >= 11 is 0. The lowest BCUT2D eigenvalue weighted by Gasteiger charge is -2.02. The summed E-state index contributed by atoms with van der Waals surface area (Å²) in [6, 6.07) is 7.62. The van der Waals surface area contributed by atoms with Crippen molar-refractivity contribution >= 4 is 11.6 Å². The molecule has 0 aliphatic heterocycles. The van der Waals surface area contributed by atoms with Crippen molar-refractivity contribution in [2.24, 2.45) is 0 Å². The molecular formula is C13H16N2O. The Labute approximate surface area is 96.5 Å². The number of nitrogens with one attached hydrogen (secondary N) is 1. The second-order valence-corrected chi connectivity index (χ2v) is 3.86. The Morgan fingerprint density at radius 2 is 1.94 bits per heavy atom. The van der Waals surface area contributed by atoms with Crippen LogP contribution in [0, 0.1) is 18.8 Å². The lowest BCUT2D eigenvalue weighted by Crippen LogP contribution is -2.13. The molecule has 0 aromatic heterocycles. The van der Waals surface area contributed by atoms with Gasteiger partial charge in [0.2, 0.25) is 0 Å². The summed E-state index contributed by atoms with van der Waals surface area (Å²) in [6.45, 7) is 2.59. The summed E-state index contributed by atoms with van der Waals surface area (Å²) in [6.07, 6.45) is 0. The number of carbonyl (C=O) groups is 1. The number of nitrogens with zero attached hydrogens (tertiary/aromatic N) is 1. The Bertz CT molecular complexity index is 410. The highest BCUT2D eigenvalue weighted by Gasteiger charge is 1.96. The molecule has 1 aromatic rings. The minimum absolute atomic E-state index is 0.272. The molecule has 0 saturated carbocycles. The van der Waals surface area contributed by atoms with Crippen LogP contribution in [-0.2, 0) is 4.79 Å². The van der Waals surface area contributed by atoms with Crippen LogP contribution in [0.25, 0.3) is 0 Å². The second-order valence-electron chi connectivity index (χ2n) is 3.86. The van der Waals surface area contributed by atoms with E-state index < -0.39 is 0 Å². The zero-order valence-electron chi connectivity index (χ0n) is 9.87. The molecule has 3 nitrogen and oxygen atoms in total. The molecule has 1 amide bonds. The summed E-state index contributed by atoms with van der Waals surface area (Å²) in [7, 11) is 3.82. The fourth-order valence-corrected chi connectivity index (χ4v) is 1.08. The summed E-state index contributed by atoms with van der Waals surface area (Å²) in [5.74, 6) is 5.04. The van der Waals surface area contributed by atoms with Crippen molar-refractivity contribution in [2.45, 2.75) is 6.92 Å². The molecule has 0 saturated heterocycles. The Balaban J connectivity index is 2.50. The number of amides is 1. The molecule has 0 radical (unpaired) electrons. The van der Waals surface area contributed by atoms with E-state index in [1.165, 1.54) is 0 Å². The van der Waals surface area contributed by atoms with Crippen LogP contribution in [-0.4, -0.2) is 31.4 Å². The fraction of sp³-hybridized carbons (Fsp3) is 0.308. The monoisotopic (exact) mass is 216 g/mol. The number of rotatable bonds is 2. The van der Waals surface area contributed by atoms with Crippen LogP contribution < -0.4 is 5.32 Å². The normalized spacial score (nSPS) is 9.50. The van der Waals surface area contributed by atoms with Gasteiger partial charge in [-0.3, -0.25) is 9.69 Å². The highest BCUT2D eigenvalue weighted by molar-refractivity contribution is 6.03. The third kappa shape index (κ3) is 4.63. The zero-order valence-corrected chi connectivity index (χ0v) is 9.87. The Morgan fingerprint density at radius 3 is 2.50 bits per heavy atom. The molecule has 0 spiro atoms. The van der Waals surface area contributed by atoms with Crippen molar-refractivity contribution in [3.8, 4) is 11.8 Å². The van der Waals surface area contributed by atoms with Crippen molar-refractivity contribution < 1.29 is 4.79 Å². The van der Waals surface area contributed by atoms with Gasteiger partial charge >= 0.3 is 0 Å². The van der Waals surface area contributed by atoms with Crippen molar-refractivity contribution in [3.63, 3.8) is 0 Å². The zero-order chi connectivity index (χ0) is 12.0. The second kappa shape index (κ2) is 5.94. The van der Waals surface area contributed by atoms with Crippen molar-refractivity contribution in [1.29, 1.82) is 0 Å². The maximum absolute atomic E-state index is 11.4. The van der Waals surface area contributed by atoms with Gasteiger partial charge in [-0.05, 0) is 39.1 Å². The van der Waals surface area contributed by atoms with Crippen LogP contribution in [0.2, 0.25) is 0 Å². The average molecular weight is 216 g/mol. The number of aryl methyl sites for hydroxylation is 1. The maximum atomic E-state index is 11.4. The van der Waals surface area contributed by atoms with E-state index in [1.54, 1.807) is 0 Å². The minimum atomic E-state index is -0.272. The lowest BCUT2D eigenvalue weighted by atomic mass is 10.2. The van der Waals surface area contributed by atoms with Crippen molar-refractivity contribution in [3.05, 3.63) is 29.8 Å². The first kappa shape index (κ1) is 12.3. The van der Waals surface area contributed by atoms with Crippen molar-refractivity contribution in [2.75, 3.05) is 26.0 Å². The molecule has 0 aliphatic rings. The topological polar surface area (TPSA) is 32.3 Å². The lowest BCUT2D eigenvalue weighted by molar-refractivity contribution is -0.111. The van der Waals surface area contributed by atoms with E-state index in [2.05, 4.69) is 17.2 Å². The summed E-state index contributed by atoms with van der Waals surface area (Å²) in [4.78, 5) is 13.3. The van der Waals surface area contributed by atoms with Crippen LogP contribution >= 0.6 is 0 Å². The summed E-state index contributed by atoms with van der Waals surface area (Å²) in [5.41, 5.74) is 1.94. The van der Waals surface area contributed by atoms with E-state index in [0.717, 1.165) is 11.3 Å². The smallest absolute Gasteiger partial charge is 0.300 e. The molecule has 0 unspecified atom stereocenters. The van der Waals surface area contributed by atoms with Crippen LogP contribution in [0.3, 0.4) is 0 Å². The maximum Gasteiger partial charge on any atom is 0.300 e. The van der Waals surface area contributed by atoms with Gasteiger partial charge in [-0.1, -0.05) is 23.6 Å². The summed E-state index contributed by atoms with van der Waals surface area (Å²) in [5, 5.41) is 2.71. The van der Waals surface area contributed by atoms with Gasteiger partial charge in [-0.2, -0.15) is 0 Å². The molecule has 0 aliphatic carbocycles. The molecular weight excluding hydrogens is 200 g/mol. The quantitative estimate of drug-likeness (QED) is 0.760. The van der Waals surface area contributed by atoms with Crippen LogP contribution in [0.15, 0.2) is 24.3 Å². The standard InChI is InChI=1S/C13H16N2O/c1-11-6-8-12(9-7-11)14-13(16)5-4-10-15(2)3/h6-9H,10H2,1-3H3,(H,14,16). The number of carbonyl (C=O) groups excluding carboxylic acids is 1. The SMILES string of the molecule is Cc1ccc(NC(=O)C#CCN(C)C)cc1. The third-order valence-corrected chi connectivity index (χ3v) is 1.91. The highest BCUT2D eigenvalue weighted by atomic mass is 16.1. The summed E-state index contributed by atoms with van der Waals surface area (Å²) < 4.78 is 0. The Morgan fingerprint density at radius 1 is 1.31 bits per heavy atom. The van der Waals surface area contributed by atoms with Gasteiger partial charge in [0.15, 0.2) is 0 Å². The van der Waals surface area contributed by atoms with E-state index in [9.17, 15) is 4.79 Å². The van der Waals surface area contributed by atoms with Crippen LogP contribution in [0.5, 0.6) is 0 Å². The Kier molecular flexibility index (Phi) is 4.56. The molecule has 0 bridgehead atoms. The molecule has 0 fully saturated rings. The number of benzene rings is 1. The number of hydrogen-bond donors (Lipinski definition) is 1. The van der Waals surface area contributed by atoms with Crippen LogP contribution in [0.1, 0.15) is 5.56 Å². The fourth-order valence-electron chi connectivity index (χ4n) is 1.08. The molecule has 1 aromatic carbocycles. The largest absolute Gasteiger partial charge is 0.315 e. The molecule has 3 heteroatoms. The van der Waals surface area contributed by atoms with Gasteiger partial charge in [0.1, 0.15) is 0 Å². The van der Waals surface area contributed by atoms with Crippen molar-refractivity contribution in [1.82, 2.24) is 4.90 Å². The molecule has 0 heterocycles. The van der Waals surface area contributed by atoms with Crippen LogP contribution in [0.4, 0.5) is 5.69 Å². The van der Waals surface area contributed by atoms with Gasteiger partial charge in [0.25, 0.3) is 5.91 Å². The molecule has 84 valence electrons. The van der Waals surface area contributed by atoms with Gasteiger partial charge < -0.3 is 5.32 Å². The molecule has 0 atom stereocenters. The van der Waals surface area contributed by atoms with E-state index in [4.69, 9.17) is 0 Å². The minimum Gasteiger partial charge on any atom is -0.315 e. The van der Waals surface area contributed by atoms with Gasteiger partial charge in [-0.25, -0.2) is 0 Å². The van der Waals surface area contributed by atoms with E-state index >= 15 is 0 Å². The van der Waals surface area contributed by atoms with Gasteiger partial charge in [-0.15, -0.1) is 0 Å². The first-order valence-corrected chi connectivity index (χ1v) is 5.09. The predicted octanol–water partition coefficient (Wildman–Crippen LogP) is 1.50. The highest BCUT2D eigenvalue weighted by Crippen LogP contribution is 2.07. The molecule has 1 N–H and O–H groups in total. The van der Waals surface area contributed by atoms with E-state index in [1.807, 2.05) is 50.2 Å². The van der Waals surface area contributed by atoms with Gasteiger partial charge in [0, 0.05) is 5.69 Å². The third-order valence-electron chi connectivity index (χ3n) is 1.91. The predicted molar refractivity (Wildman–Crippen MR) is 66.1 cm³/mol. The number of hydrogen-bond acceptors (Lipinski definition) is 2. The Hall–Kier alpha value is -1.79.